The average molecular weight is 572 g/mol. The predicted octanol–water partition coefficient (Wildman–Crippen LogP) is 8.33. The predicted molar refractivity (Wildman–Crippen MR) is 177 cm³/mol. The molecular weight excluding hydrogens is 518 g/mol. The van der Waals surface area contributed by atoms with E-state index in [1.165, 1.54) is 0 Å². The Bertz CT molecular complexity index is 1370. The molecule has 2 atom stereocenters. The molecular formula is C37H53N3O2. The van der Waals surface area contributed by atoms with Gasteiger partial charge in [-0.25, -0.2) is 0 Å². The van der Waals surface area contributed by atoms with E-state index in [2.05, 4.69) is 131 Å². The fourth-order valence-corrected chi connectivity index (χ4v) is 6.88. The molecule has 0 saturated heterocycles. The van der Waals surface area contributed by atoms with E-state index in [1.54, 1.807) is 0 Å². The molecule has 0 aliphatic carbocycles. The summed E-state index contributed by atoms with van der Waals surface area (Å²) in [6, 6.07) is 18.9. The second kappa shape index (κ2) is 13.9. The molecule has 3 aromatic rings. The minimum atomic E-state index is -0.129. The maximum Gasteiger partial charge on any atom is 0.255 e. The van der Waals surface area contributed by atoms with E-state index in [9.17, 15) is 9.59 Å². The SMILES string of the molecule is CCc1cccc([C@H]([C@@H](C)c2ccc3ccccc3c2C(=O)N(C(C)C)C(C)C)N(C)C)c1C(=O)N(C(C)C)C(C)C. The van der Waals surface area contributed by atoms with Gasteiger partial charge in [0.25, 0.3) is 11.8 Å². The Balaban J connectivity index is 2.32. The Morgan fingerprint density at radius 2 is 1.14 bits per heavy atom. The van der Waals surface area contributed by atoms with Gasteiger partial charge in [0.2, 0.25) is 0 Å². The number of carbonyl (C=O) groups excluding carboxylic acids is 2. The number of hydrogen-bond donors (Lipinski definition) is 0. The number of amides is 2. The van der Waals surface area contributed by atoms with Gasteiger partial charge >= 0.3 is 0 Å². The van der Waals surface area contributed by atoms with Crippen LogP contribution in [0.25, 0.3) is 10.8 Å². The van der Waals surface area contributed by atoms with Crippen molar-refractivity contribution in [2.45, 2.75) is 112 Å². The van der Waals surface area contributed by atoms with Gasteiger partial charge in [-0.05, 0) is 103 Å². The molecule has 0 aromatic heterocycles. The van der Waals surface area contributed by atoms with Gasteiger partial charge in [-0.2, -0.15) is 0 Å². The molecule has 0 fully saturated rings. The second-order valence-corrected chi connectivity index (χ2v) is 13.0. The summed E-state index contributed by atoms with van der Waals surface area (Å²) in [4.78, 5) is 35.0. The van der Waals surface area contributed by atoms with Crippen molar-refractivity contribution in [3.63, 3.8) is 0 Å². The fourth-order valence-electron chi connectivity index (χ4n) is 6.88. The number of hydrogen-bond acceptors (Lipinski definition) is 3. The average Bonchev–Trinajstić information content (AvgIpc) is 2.91. The van der Waals surface area contributed by atoms with Crippen molar-refractivity contribution in [2.24, 2.45) is 0 Å². The first-order valence-corrected chi connectivity index (χ1v) is 15.7. The molecule has 228 valence electrons. The smallest absolute Gasteiger partial charge is 0.255 e. The summed E-state index contributed by atoms with van der Waals surface area (Å²) < 4.78 is 0. The Kier molecular flexibility index (Phi) is 11.0. The van der Waals surface area contributed by atoms with Gasteiger partial charge in [-0.15, -0.1) is 0 Å². The van der Waals surface area contributed by atoms with Crippen LogP contribution in [0.5, 0.6) is 0 Å². The summed E-state index contributed by atoms with van der Waals surface area (Å²) in [5.74, 6) is 0.0580. The molecule has 42 heavy (non-hydrogen) atoms. The molecule has 0 spiro atoms. The van der Waals surface area contributed by atoms with Crippen molar-refractivity contribution in [3.8, 4) is 0 Å². The number of nitrogens with zero attached hydrogens (tertiary/aromatic N) is 3. The summed E-state index contributed by atoms with van der Waals surface area (Å²) >= 11 is 0. The first kappa shape index (κ1) is 33.3. The van der Waals surface area contributed by atoms with Gasteiger partial charge in [0.05, 0.1) is 5.56 Å². The lowest BCUT2D eigenvalue weighted by molar-refractivity contribution is 0.0629. The zero-order valence-corrected chi connectivity index (χ0v) is 28.0. The highest BCUT2D eigenvalue weighted by atomic mass is 16.2. The minimum Gasteiger partial charge on any atom is -0.334 e. The normalized spacial score (nSPS) is 13.5. The highest BCUT2D eigenvalue weighted by Gasteiger charge is 2.35. The van der Waals surface area contributed by atoms with Crippen LogP contribution in [0.2, 0.25) is 0 Å². The number of likely N-dealkylation sites (N-methyl/N-ethyl adjacent to an activating group) is 1. The van der Waals surface area contributed by atoms with Gasteiger partial charge < -0.3 is 14.7 Å². The summed E-state index contributed by atoms with van der Waals surface area (Å²) in [5.41, 5.74) is 4.64. The number of aryl methyl sites for hydroxylation is 1. The summed E-state index contributed by atoms with van der Waals surface area (Å²) in [5, 5.41) is 2.03. The van der Waals surface area contributed by atoms with Crippen molar-refractivity contribution in [1.82, 2.24) is 14.7 Å². The third-order valence-corrected chi connectivity index (χ3v) is 8.49. The van der Waals surface area contributed by atoms with E-state index in [-0.39, 0.29) is 47.9 Å². The van der Waals surface area contributed by atoms with Gasteiger partial charge in [0.15, 0.2) is 0 Å². The topological polar surface area (TPSA) is 43.9 Å². The zero-order valence-electron chi connectivity index (χ0n) is 28.0. The Hall–Kier alpha value is -3.18. The first-order valence-electron chi connectivity index (χ1n) is 15.7. The van der Waals surface area contributed by atoms with Gasteiger partial charge in [0.1, 0.15) is 0 Å². The standard InChI is InChI=1S/C37H53N3O2/c1-13-28-18-16-20-32(33(28)36(41)39(23(2)3)24(4)5)35(38(11)12)27(10)30-22-21-29-17-14-15-19-31(29)34(30)37(42)40(25(6)7)26(8)9/h14-27,35H,13H2,1-12H3/t27-,35-/m0/s1. The highest BCUT2D eigenvalue weighted by Crippen LogP contribution is 2.41. The lowest BCUT2D eigenvalue weighted by Crippen LogP contribution is -2.43. The minimum absolute atomic E-state index is 0.0561. The molecule has 0 bridgehead atoms. The Morgan fingerprint density at radius 1 is 0.619 bits per heavy atom. The third-order valence-electron chi connectivity index (χ3n) is 8.49. The van der Waals surface area contributed by atoms with Crippen LogP contribution >= 0.6 is 0 Å². The summed E-state index contributed by atoms with van der Waals surface area (Å²) in [6.45, 7) is 21.0. The van der Waals surface area contributed by atoms with E-state index in [0.717, 1.165) is 45.0 Å². The molecule has 3 aromatic carbocycles. The quantitative estimate of drug-likeness (QED) is 0.232. The Morgan fingerprint density at radius 3 is 1.64 bits per heavy atom. The number of fused-ring (bicyclic) bond motifs is 1. The molecule has 0 heterocycles. The van der Waals surface area contributed by atoms with Crippen molar-refractivity contribution in [1.29, 1.82) is 0 Å². The molecule has 5 nitrogen and oxygen atoms in total. The molecule has 0 radical (unpaired) electrons. The van der Waals surface area contributed by atoms with E-state index in [4.69, 9.17) is 0 Å². The van der Waals surface area contributed by atoms with Gasteiger partial charge in [0, 0.05) is 41.7 Å². The second-order valence-electron chi connectivity index (χ2n) is 13.0. The van der Waals surface area contributed by atoms with E-state index in [0.29, 0.717) is 0 Å². The summed E-state index contributed by atoms with van der Waals surface area (Å²) in [7, 11) is 4.15. The molecule has 0 N–H and O–H groups in total. The van der Waals surface area contributed by atoms with Crippen molar-refractivity contribution in [3.05, 3.63) is 82.4 Å². The maximum absolute atomic E-state index is 14.5. The monoisotopic (exact) mass is 571 g/mol. The van der Waals surface area contributed by atoms with Crippen LogP contribution in [0.15, 0.2) is 54.6 Å². The highest BCUT2D eigenvalue weighted by molar-refractivity contribution is 6.09. The van der Waals surface area contributed by atoms with Gasteiger partial charge in [-0.3, -0.25) is 9.59 Å². The molecule has 5 heteroatoms. The fraction of sp³-hybridized carbons (Fsp3) is 0.514. The number of benzene rings is 3. The van der Waals surface area contributed by atoms with Crippen LogP contribution in [0.4, 0.5) is 0 Å². The summed E-state index contributed by atoms with van der Waals surface area (Å²) in [6.07, 6.45) is 0.769. The molecule has 0 aliphatic rings. The molecule has 0 aliphatic heterocycles. The lowest BCUT2D eigenvalue weighted by atomic mass is 9.80. The van der Waals surface area contributed by atoms with Crippen molar-refractivity contribution in [2.75, 3.05) is 14.1 Å². The first-order chi connectivity index (χ1) is 19.7. The van der Waals surface area contributed by atoms with Crippen LogP contribution in [0.1, 0.15) is 119 Å². The van der Waals surface area contributed by atoms with Crippen LogP contribution in [-0.2, 0) is 6.42 Å². The maximum atomic E-state index is 14.5. The molecule has 3 rings (SSSR count). The number of rotatable bonds is 11. The largest absolute Gasteiger partial charge is 0.334 e. The Labute approximate surface area is 254 Å². The number of carbonyl (C=O) groups is 2. The third kappa shape index (κ3) is 6.57. The van der Waals surface area contributed by atoms with Gasteiger partial charge in [-0.1, -0.05) is 68.4 Å². The molecule has 0 unspecified atom stereocenters. The molecule has 2 amide bonds. The van der Waals surface area contributed by atoms with Crippen LogP contribution < -0.4 is 0 Å². The van der Waals surface area contributed by atoms with E-state index >= 15 is 0 Å². The molecule has 0 saturated carbocycles. The zero-order chi connectivity index (χ0) is 31.5. The van der Waals surface area contributed by atoms with E-state index < -0.39 is 0 Å². The van der Waals surface area contributed by atoms with Crippen LogP contribution in [-0.4, -0.2) is 64.8 Å². The van der Waals surface area contributed by atoms with Crippen LogP contribution in [0, 0.1) is 0 Å². The van der Waals surface area contributed by atoms with Crippen molar-refractivity contribution >= 4 is 22.6 Å². The van der Waals surface area contributed by atoms with Crippen molar-refractivity contribution < 1.29 is 9.59 Å². The van der Waals surface area contributed by atoms with Crippen LogP contribution in [0.3, 0.4) is 0 Å². The lowest BCUT2D eigenvalue weighted by Gasteiger charge is -2.37. The van der Waals surface area contributed by atoms with E-state index in [1.807, 2.05) is 21.9 Å².